The molecule has 1 aromatic rings. The quantitative estimate of drug-likeness (QED) is 0.690. The van der Waals surface area contributed by atoms with Gasteiger partial charge in [0.05, 0.1) is 5.02 Å². The lowest BCUT2D eigenvalue weighted by Crippen LogP contribution is -2.32. The first-order valence-corrected chi connectivity index (χ1v) is 7.41. The van der Waals surface area contributed by atoms with Gasteiger partial charge in [-0.05, 0) is 38.0 Å². The number of hydrogen-bond donors (Lipinski definition) is 3. The van der Waals surface area contributed by atoms with Crippen LogP contribution in [0.1, 0.15) is 19.8 Å². The second kappa shape index (κ2) is 6.38. The molecule has 102 valence electrons. The Morgan fingerprint density at radius 2 is 2.17 bits per heavy atom. The van der Waals surface area contributed by atoms with Crippen molar-refractivity contribution in [3.05, 3.63) is 23.2 Å². The van der Waals surface area contributed by atoms with Crippen LogP contribution in [0.25, 0.3) is 0 Å². The van der Waals surface area contributed by atoms with Crippen LogP contribution < -0.4 is 10.5 Å². The van der Waals surface area contributed by atoms with E-state index >= 15 is 0 Å². The highest BCUT2D eigenvalue weighted by Crippen LogP contribution is 2.23. The fourth-order valence-electron chi connectivity index (χ4n) is 1.52. The van der Waals surface area contributed by atoms with Crippen molar-refractivity contribution in [3.63, 3.8) is 0 Å². The minimum absolute atomic E-state index is 0.00853. The van der Waals surface area contributed by atoms with Crippen molar-refractivity contribution >= 4 is 27.3 Å². The van der Waals surface area contributed by atoms with Crippen molar-refractivity contribution in [1.82, 2.24) is 4.72 Å². The second-order valence-electron chi connectivity index (χ2n) is 4.08. The Morgan fingerprint density at radius 3 is 2.72 bits per heavy atom. The summed E-state index contributed by atoms with van der Waals surface area (Å²) < 4.78 is 26.6. The van der Waals surface area contributed by atoms with Gasteiger partial charge in [-0.1, -0.05) is 11.6 Å². The van der Waals surface area contributed by atoms with Gasteiger partial charge in [-0.25, -0.2) is 13.1 Å². The maximum atomic E-state index is 12.0. The molecule has 0 bridgehead atoms. The molecule has 0 radical (unpaired) electrons. The number of hydrogen-bond acceptors (Lipinski definition) is 4. The summed E-state index contributed by atoms with van der Waals surface area (Å²) in [6.07, 6.45) is 1.10. The molecule has 5 nitrogen and oxygen atoms in total. The van der Waals surface area contributed by atoms with E-state index in [1.807, 2.05) is 0 Å². The first-order valence-electron chi connectivity index (χ1n) is 5.55. The van der Waals surface area contributed by atoms with Gasteiger partial charge in [0.15, 0.2) is 0 Å². The van der Waals surface area contributed by atoms with Crippen LogP contribution >= 0.6 is 11.6 Å². The third kappa shape index (κ3) is 4.13. The maximum Gasteiger partial charge on any atom is 0.242 e. The highest BCUT2D eigenvalue weighted by Gasteiger charge is 2.20. The van der Waals surface area contributed by atoms with Gasteiger partial charge in [0.1, 0.15) is 4.90 Å². The molecule has 0 aliphatic rings. The lowest BCUT2D eigenvalue weighted by Gasteiger charge is -2.14. The van der Waals surface area contributed by atoms with Gasteiger partial charge in [-0.3, -0.25) is 0 Å². The summed E-state index contributed by atoms with van der Waals surface area (Å²) >= 11 is 5.86. The molecule has 0 amide bonds. The van der Waals surface area contributed by atoms with Crippen LogP contribution in [0.3, 0.4) is 0 Å². The van der Waals surface area contributed by atoms with Gasteiger partial charge >= 0.3 is 0 Å². The molecule has 0 saturated carbocycles. The van der Waals surface area contributed by atoms with Crippen molar-refractivity contribution in [2.45, 2.75) is 30.7 Å². The van der Waals surface area contributed by atoms with E-state index in [9.17, 15) is 8.42 Å². The van der Waals surface area contributed by atoms with E-state index in [1.165, 1.54) is 18.2 Å². The van der Waals surface area contributed by atoms with Crippen molar-refractivity contribution in [1.29, 1.82) is 0 Å². The van der Waals surface area contributed by atoms with Crippen LogP contribution in [0.5, 0.6) is 0 Å². The molecule has 0 aliphatic heterocycles. The summed E-state index contributed by atoms with van der Waals surface area (Å²) in [6.45, 7) is 1.77. The molecule has 7 heteroatoms. The van der Waals surface area contributed by atoms with E-state index in [-0.39, 0.29) is 22.6 Å². The van der Waals surface area contributed by atoms with Crippen molar-refractivity contribution in [2.24, 2.45) is 0 Å². The molecular formula is C11H17ClN2O3S. The summed E-state index contributed by atoms with van der Waals surface area (Å²) in [5.41, 5.74) is 5.92. The van der Waals surface area contributed by atoms with Gasteiger partial charge in [0.25, 0.3) is 0 Å². The number of halogens is 1. The summed E-state index contributed by atoms with van der Waals surface area (Å²) in [4.78, 5) is 0.00853. The molecule has 1 rings (SSSR count). The minimum atomic E-state index is -3.66. The Balaban J connectivity index is 2.86. The summed E-state index contributed by atoms with van der Waals surface area (Å²) in [6, 6.07) is 3.99. The Morgan fingerprint density at radius 1 is 1.50 bits per heavy atom. The van der Waals surface area contributed by atoms with E-state index in [2.05, 4.69) is 4.72 Å². The van der Waals surface area contributed by atoms with Crippen molar-refractivity contribution in [3.8, 4) is 0 Å². The highest BCUT2D eigenvalue weighted by molar-refractivity contribution is 7.89. The van der Waals surface area contributed by atoms with Crippen molar-refractivity contribution < 1.29 is 13.5 Å². The molecule has 0 heterocycles. The predicted molar refractivity (Wildman–Crippen MR) is 72.0 cm³/mol. The Hall–Kier alpha value is -0.820. The van der Waals surface area contributed by atoms with Crippen LogP contribution in [0.15, 0.2) is 23.1 Å². The van der Waals surface area contributed by atoms with E-state index in [1.54, 1.807) is 6.92 Å². The highest BCUT2D eigenvalue weighted by atomic mass is 35.5. The number of rotatable bonds is 6. The SMILES string of the molecule is CC(CCCO)NS(=O)(=O)c1ccc(N)cc1Cl. The lowest BCUT2D eigenvalue weighted by atomic mass is 10.2. The zero-order valence-electron chi connectivity index (χ0n) is 10.1. The van der Waals surface area contributed by atoms with Gasteiger partial charge in [0, 0.05) is 18.3 Å². The number of aliphatic hydroxyl groups is 1. The zero-order valence-corrected chi connectivity index (χ0v) is 11.6. The third-order valence-corrected chi connectivity index (χ3v) is 4.47. The fraction of sp³-hybridized carbons (Fsp3) is 0.455. The molecule has 0 fully saturated rings. The van der Waals surface area contributed by atoms with Gasteiger partial charge in [0.2, 0.25) is 10.0 Å². The number of aliphatic hydroxyl groups excluding tert-OH is 1. The van der Waals surface area contributed by atoms with Crippen LogP contribution in [0, 0.1) is 0 Å². The maximum absolute atomic E-state index is 12.0. The fourth-order valence-corrected chi connectivity index (χ4v) is 3.35. The average Bonchev–Trinajstić information content (AvgIpc) is 2.25. The van der Waals surface area contributed by atoms with Gasteiger partial charge in [-0.2, -0.15) is 0 Å². The van der Waals surface area contributed by atoms with Gasteiger partial charge < -0.3 is 10.8 Å². The van der Waals surface area contributed by atoms with E-state index in [0.717, 1.165) is 0 Å². The molecule has 0 saturated heterocycles. The monoisotopic (exact) mass is 292 g/mol. The molecule has 0 aliphatic carbocycles. The first kappa shape index (κ1) is 15.2. The molecule has 1 unspecified atom stereocenters. The molecule has 1 atom stereocenters. The Kier molecular flexibility index (Phi) is 5.40. The smallest absolute Gasteiger partial charge is 0.242 e. The number of nitrogens with two attached hydrogens (primary N) is 1. The van der Waals surface area contributed by atoms with Gasteiger partial charge in [-0.15, -0.1) is 0 Å². The molecule has 1 aromatic carbocycles. The molecule has 0 aromatic heterocycles. The van der Waals surface area contributed by atoms with Crippen LogP contribution in [0.4, 0.5) is 5.69 Å². The first-order chi connectivity index (χ1) is 8.36. The number of nitrogen functional groups attached to an aromatic ring is 1. The second-order valence-corrected chi connectivity index (χ2v) is 6.17. The molecule has 4 N–H and O–H groups in total. The Bertz CT molecular complexity index is 505. The molecular weight excluding hydrogens is 276 g/mol. The van der Waals surface area contributed by atoms with Crippen LogP contribution in [-0.2, 0) is 10.0 Å². The van der Waals surface area contributed by atoms with Crippen LogP contribution in [-0.4, -0.2) is 26.2 Å². The lowest BCUT2D eigenvalue weighted by molar-refractivity contribution is 0.279. The normalized spacial score (nSPS) is 13.5. The molecule has 0 spiro atoms. The standard InChI is InChI=1S/C11H17ClN2O3S/c1-8(3-2-6-15)14-18(16,17)11-5-4-9(13)7-10(11)12/h4-5,7-8,14-15H,2-3,6,13H2,1H3. The van der Waals surface area contributed by atoms with E-state index in [0.29, 0.717) is 18.5 Å². The van der Waals surface area contributed by atoms with Crippen LogP contribution in [0.2, 0.25) is 5.02 Å². The zero-order chi connectivity index (χ0) is 13.8. The number of benzene rings is 1. The summed E-state index contributed by atoms with van der Waals surface area (Å²) in [5.74, 6) is 0. The number of sulfonamides is 1. The van der Waals surface area contributed by atoms with Crippen molar-refractivity contribution in [2.75, 3.05) is 12.3 Å². The van der Waals surface area contributed by atoms with E-state index < -0.39 is 10.0 Å². The summed E-state index contributed by atoms with van der Waals surface area (Å²) in [7, 11) is -3.66. The average molecular weight is 293 g/mol. The Labute approximate surface area is 112 Å². The topological polar surface area (TPSA) is 92.4 Å². The number of anilines is 1. The number of nitrogens with one attached hydrogen (secondary N) is 1. The van der Waals surface area contributed by atoms with E-state index in [4.69, 9.17) is 22.4 Å². The largest absolute Gasteiger partial charge is 0.399 e. The minimum Gasteiger partial charge on any atom is -0.399 e. The third-order valence-electron chi connectivity index (χ3n) is 2.40. The molecule has 18 heavy (non-hydrogen) atoms. The predicted octanol–water partition coefficient (Wildman–Crippen LogP) is 1.36. The summed E-state index contributed by atoms with van der Waals surface area (Å²) in [5, 5.41) is 8.79.